The zero-order chi connectivity index (χ0) is 16.1. The molecule has 0 aliphatic rings. The number of carbonyl (C=O) groups excluding carboxylic acids is 2. The molecule has 0 bridgehead atoms. The Kier molecular flexibility index (Phi) is 5.76. The van der Waals surface area contributed by atoms with E-state index < -0.39 is 17.6 Å². The Morgan fingerprint density at radius 3 is 2.82 bits per heavy atom. The highest BCUT2D eigenvalue weighted by molar-refractivity contribution is 8.01. The van der Waals surface area contributed by atoms with Crippen LogP contribution < -0.4 is 10.9 Å². The lowest BCUT2D eigenvalue weighted by Crippen LogP contribution is -2.42. The molecule has 2 rings (SSSR count). The fraction of sp³-hybridized carbons (Fsp3) is 0.154. The molecule has 0 saturated carbocycles. The lowest BCUT2D eigenvalue weighted by Gasteiger charge is -2.08. The van der Waals surface area contributed by atoms with E-state index in [9.17, 15) is 14.0 Å². The van der Waals surface area contributed by atoms with E-state index >= 15 is 0 Å². The molecule has 0 aliphatic heterocycles. The molecule has 2 N–H and O–H groups in total. The van der Waals surface area contributed by atoms with Gasteiger partial charge in [-0.2, -0.15) is 0 Å². The molecule has 116 valence electrons. The minimum Gasteiger partial charge on any atom is -0.272 e. The average Bonchev–Trinajstić information content (AvgIpc) is 2.88. The Hall–Kier alpha value is -1.64. The normalized spacial score (nSPS) is 10.3. The van der Waals surface area contributed by atoms with Crippen LogP contribution in [0.2, 0.25) is 5.02 Å². The van der Waals surface area contributed by atoms with Crippen LogP contribution in [0, 0.1) is 12.7 Å². The van der Waals surface area contributed by atoms with Crippen LogP contribution in [0.15, 0.2) is 27.9 Å². The standard InChI is InChI=1S/C13H11ClFN3O2S2/c1-7-5-21-13(16-7)22-6-10(19)17-18-12(20)11-8(14)3-2-4-9(11)15/h2-5H,6H2,1H3,(H,17,19)(H,18,20). The topological polar surface area (TPSA) is 71.1 Å². The summed E-state index contributed by atoms with van der Waals surface area (Å²) < 4.78 is 14.3. The number of aryl methyl sites for hydroxylation is 1. The van der Waals surface area contributed by atoms with E-state index in [1.54, 1.807) is 0 Å². The van der Waals surface area contributed by atoms with Crippen molar-refractivity contribution in [2.45, 2.75) is 11.3 Å². The minimum atomic E-state index is -0.813. The number of aromatic nitrogens is 1. The fourth-order valence-corrected chi connectivity index (χ4v) is 3.36. The summed E-state index contributed by atoms with van der Waals surface area (Å²) >= 11 is 8.44. The van der Waals surface area contributed by atoms with Crippen LogP contribution in [-0.4, -0.2) is 22.6 Å². The number of amides is 2. The van der Waals surface area contributed by atoms with Gasteiger partial charge in [0.2, 0.25) is 5.91 Å². The highest BCUT2D eigenvalue weighted by atomic mass is 35.5. The van der Waals surface area contributed by atoms with Crippen molar-refractivity contribution in [3.05, 3.63) is 45.7 Å². The van der Waals surface area contributed by atoms with Crippen molar-refractivity contribution >= 4 is 46.5 Å². The highest BCUT2D eigenvalue weighted by Crippen LogP contribution is 2.22. The van der Waals surface area contributed by atoms with E-state index in [4.69, 9.17) is 11.6 Å². The molecule has 0 spiro atoms. The summed E-state index contributed by atoms with van der Waals surface area (Å²) in [5.74, 6) is -1.92. The molecule has 1 aromatic carbocycles. The fourth-order valence-electron chi connectivity index (χ4n) is 1.47. The van der Waals surface area contributed by atoms with Crippen LogP contribution in [0.1, 0.15) is 16.1 Å². The molecule has 0 aliphatic carbocycles. The van der Waals surface area contributed by atoms with Gasteiger partial charge in [0.15, 0.2) is 4.34 Å². The number of thioether (sulfide) groups is 1. The highest BCUT2D eigenvalue weighted by Gasteiger charge is 2.16. The van der Waals surface area contributed by atoms with Gasteiger partial charge in [0.05, 0.1) is 16.3 Å². The number of thiazole rings is 1. The number of benzene rings is 1. The predicted molar refractivity (Wildman–Crippen MR) is 84.6 cm³/mol. The summed E-state index contributed by atoms with van der Waals surface area (Å²) in [6.07, 6.45) is 0. The Balaban J connectivity index is 1.84. The second-order valence-corrected chi connectivity index (χ2v) is 6.63. The number of nitrogens with one attached hydrogen (secondary N) is 2. The van der Waals surface area contributed by atoms with E-state index in [2.05, 4.69) is 15.8 Å². The first-order valence-electron chi connectivity index (χ1n) is 6.05. The molecule has 0 atom stereocenters. The summed E-state index contributed by atoms with van der Waals surface area (Å²) in [5, 5.41) is 1.85. The van der Waals surface area contributed by atoms with Crippen molar-refractivity contribution in [1.29, 1.82) is 0 Å². The lowest BCUT2D eigenvalue weighted by molar-refractivity contribution is -0.119. The first-order chi connectivity index (χ1) is 10.5. The maximum atomic E-state index is 13.5. The van der Waals surface area contributed by atoms with E-state index in [1.165, 1.54) is 35.2 Å². The van der Waals surface area contributed by atoms with Crippen LogP contribution in [0.5, 0.6) is 0 Å². The average molecular weight is 360 g/mol. The SMILES string of the molecule is Cc1csc(SCC(=O)NNC(=O)c2c(F)cccc2Cl)n1. The van der Waals surface area contributed by atoms with Gasteiger partial charge in [0.25, 0.3) is 5.91 Å². The van der Waals surface area contributed by atoms with E-state index in [1.807, 2.05) is 12.3 Å². The Labute approximate surface area is 139 Å². The molecule has 0 fully saturated rings. The summed E-state index contributed by atoms with van der Waals surface area (Å²) in [6, 6.07) is 3.89. The predicted octanol–water partition coefficient (Wildman–Crippen LogP) is 2.80. The van der Waals surface area contributed by atoms with Gasteiger partial charge >= 0.3 is 0 Å². The van der Waals surface area contributed by atoms with Crippen LogP contribution in [0.4, 0.5) is 4.39 Å². The van der Waals surface area contributed by atoms with E-state index in [0.29, 0.717) is 0 Å². The first-order valence-corrected chi connectivity index (χ1v) is 8.30. The summed E-state index contributed by atoms with van der Waals surface area (Å²) in [5.41, 5.74) is 4.91. The van der Waals surface area contributed by atoms with Gasteiger partial charge in [-0.1, -0.05) is 29.4 Å². The lowest BCUT2D eigenvalue weighted by atomic mass is 10.2. The quantitative estimate of drug-likeness (QED) is 0.650. The summed E-state index contributed by atoms with van der Waals surface area (Å²) in [7, 11) is 0. The molecule has 2 aromatic rings. The van der Waals surface area contributed by atoms with Crippen LogP contribution in [0.25, 0.3) is 0 Å². The second-order valence-electron chi connectivity index (χ2n) is 4.14. The zero-order valence-electron chi connectivity index (χ0n) is 11.4. The van der Waals surface area contributed by atoms with Crippen molar-refractivity contribution in [2.24, 2.45) is 0 Å². The Bertz CT molecular complexity index is 688. The third-order valence-corrected chi connectivity index (χ3v) is 4.88. The number of nitrogens with zero attached hydrogens (tertiary/aromatic N) is 1. The number of carbonyl (C=O) groups is 2. The number of rotatable bonds is 4. The maximum absolute atomic E-state index is 13.5. The maximum Gasteiger partial charge on any atom is 0.274 e. The third-order valence-electron chi connectivity index (χ3n) is 2.43. The smallest absolute Gasteiger partial charge is 0.272 e. The van der Waals surface area contributed by atoms with Crippen molar-refractivity contribution in [3.63, 3.8) is 0 Å². The molecular formula is C13H11ClFN3O2S2. The number of hydrogen-bond donors (Lipinski definition) is 2. The Morgan fingerprint density at radius 2 is 2.18 bits per heavy atom. The van der Waals surface area contributed by atoms with Gasteiger partial charge in [0, 0.05) is 11.1 Å². The molecule has 1 heterocycles. The van der Waals surface area contributed by atoms with Crippen molar-refractivity contribution in [1.82, 2.24) is 15.8 Å². The van der Waals surface area contributed by atoms with E-state index in [0.717, 1.165) is 16.1 Å². The van der Waals surface area contributed by atoms with Crippen molar-refractivity contribution in [2.75, 3.05) is 5.75 Å². The van der Waals surface area contributed by atoms with Gasteiger partial charge < -0.3 is 0 Å². The first kappa shape index (κ1) is 16.7. The molecule has 0 unspecified atom stereocenters. The summed E-state index contributed by atoms with van der Waals surface area (Å²) in [6.45, 7) is 1.86. The van der Waals surface area contributed by atoms with Crippen LogP contribution in [0.3, 0.4) is 0 Å². The van der Waals surface area contributed by atoms with Crippen molar-refractivity contribution in [3.8, 4) is 0 Å². The molecule has 0 saturated heterocycles. The Morgan fingerprint density at radius 1 is 1.41 bits per heavy atom. The van der Waals surface area contributed by atoms with E-state index in [-0.39, 0.29) is 16.3 Å². The van der Waals surface area contributed by atoms with Gasteiger partial charge in [-0.3, -0.25) is 20.4 Å². The van der Waals surface area contributed by atoms with Crippen LogP contribution in [-0.2, 0) is 4.79 Å². The number of hydrazine groups is 1. The largest absolute Gasteiger partial charge is 0.274 e. The molecule has 9 heteroatoms. The minimum absolute atomic E-state index is 0.0283. The molecule has 1 aromatic heterocycles. The second kappa shape index (κ2) is 7.57. The number of halogens is 2. The molecular weight excluding hydrogens is 349 g/mol. The van der Waals surface area contributed by atoms with Crippen LogP contribution >= 0.6 is 34.7 Å². The molecule has 22 heavy (non-hydrogen) atoms. The van der Waals surface area contributed by atoms with Gasteiger partial charge in [-0.15, -0.1) is 11.3 Å². The number of hydrogen-bond acceptors (Lipinski definition) is 5. The molecule has 5 nitrogen and oxygen atoms in total. The molecule has 2 amide bonds. The third kappa shape index (κ3) is 4.43. The summed E-state index contributed by atoms with van der Waals surface area (Å²) in [4.78, 5) is 27.6. The zero-order valence-corrected chi connectivity index (χ0v) is 13.7. The van der Waals surface area contributed by atoms with Crippen molar-refractivity contribution < 1.29 is 14.0 Å². The van der Waals surface area contributed by atoms with Gasteiger partial charge in [0.1, 0.15) is 5.82 Å². The molecule has 0 radical (unpaired) electrons. The van der Waals surface area contributed by atoms with Gasteiger partial charge in [-0.25, -0.2) is 9.37 Å². The van der Waals surface area contributed by atoms with Gasteiger partial charge in [-0.05, 0) is 19.1 Å². The monoisotopic (exact) mass is 359 g/mol.